The third-order valence-electron chi connectivity index (χ3n) is 2.65. The number of sulfonamides is 1. The van der Waals surface area contributed by atoms with Gasteiger partial charge in [-0.05, 0) is 44.5 Å². The van der Waals surface area contributed by atoms with Gasteiger partial charge in [0.25, 0.3) is 0 Å². The van der Waals surface area contributed by atoms with Crippen LogP contribution in [0.3, 0.4) is 0 Å². The maximum Gasteiger partial charge on any atom is 0.243 e. The molecule has 18 heavy (non-hydrogen) atoms. The van der Waals surface area contributed by atoms with Crippen LogP contribution in [0.15, 0.2) is 23.1 Å². The zero-order valence-electron chi connectivity index (χ0n) is 10.9. The van der Waals surface area contributed by atoms with Crippen molar-refractivity contribution in [1.82, 2.24) is 4.31 Å². The molecule has 0 unspecified atom stereocenters. The maximum atomic E-state index is 13.0. The van der Waals surface area contributed by atoms with Crippen LogP contribution in [0.25, 0.3) is 0 Å². The molecule has 0 aliphatic carbocycles. The van der Waals surface area contributed by atoms with E-state index in [9.17, 15) is 12.8 Å². The van der Waals surface area contributed by atoms with Gasteiger partial charge in [-0.2, -0.15) is 4.31 Å². The van der Waals surface area contributed by atoms with Crippen molar-refractivity contribution in [3.8, 4) is 0 Å². The third kappa shape index (κ3) is 3.07. The van der Waals surface area contributed by atoms with Crippen molar-refractivity contribution in [2.75, 3.05) is 13.1 Å². The molecular formula is C12H19FN2O2S. The fraction of sp³-hybridized carbons (Fsp3) is 0.500. The number of aryl methyl sites for hydroxylation is 1. The summed E-state index contributed by atoms with van der Waals surface area (Å²) in [5.41, 5.74) is 5.84. The minimum Gasteiger partial charge on any atom is -0.329 e. The first-order chi connectivity index (χ1) is 8.30. The van der Waals surface area contributed by atoms with E-state index in [0.29, 0.717) is 5.56 Å². The van der Waals surface area contributed by atoms with Crippen LogP contribution in [0.2, 0.25) is 0 Å². The van der Waals surface area contributed by atoms with Crippen LogP contribution in [0.5, 0.6) is 0 Å². The normalized spacial score (nSPS) is 12.4. The molecule has 0 spiro atoms. The lowest BCUT2D eigenvalue weighted by molar-refractivity contribution is 0.361. The fourth-order valence-corrected chi connectivity index (χ4v) is 3.67. The minimum atomic E-state index is -3.62. The van der Waals surface area contributed by atoms with Gasteiger partial charge in [-0.25, -0.2) is 12.8 Å². The van der Waals surface area contributed by atoms with E-state index < -0.39 is 15.8 Å². The predicted molar refractivity (Wildman–Crippen MR) is 69.2 cm³/mol. The summed E-state index contributed by atoms with van der Waals surface area (Å²) in [5, 5.41) is 0. The second kappa shape index (κ2) is 5.77. The summed E-state index contributed by atoms with van der Waals surface area (Å²) in [5.74, 6) is -0.443. The van der Waals surface area contributed by atoms with E-state index in [1.54, 1.807) is 20.8 Å². The molecule has 1 rings (SSSR count). The van der Waals surface area contributed by atoms with Crippen molar-refractivity contribution < 1.29 is 12.8 Å². The van der Waals surface area contributed by atoms with E-state index in [1.165, 1.54) is 16.4 Å². The smallest absolute Gasteiger partial charge is 0.243 e. The van der Waals surface area contributed by atoms with Crippen LogP contribution in [0.4, 0.5) is 4.39 Å². The standard InChI is InChI=1S/C12H19FN2O2S/c1-9(2)15(7-6-14)18(16,17)12-5-4-11(13)8-10(12)3/h4-5,8-9H,6-7,14H2,1-3H3. The van der Waals surface area contributed by atoms with Gasteiger partial charge in [0.15, 0.2) is 0 Å². The predicted octanol–water partition coefficient (Wildman–Crippen LogP) is 1.49. The van der Waals surface area contributed by atoms with Crippen LogP contribution >= 0.6 is 0 Å². The summed E-state index contributed by atoms with van der Waals surface area (Å²) in [7, 11) is -3.62. The Morgan fingerprint density at radius 3 is 2.44 bits per heavy atom. The van der Waals surface area contributed by atoms with Gasteiger partial charge in [-0.1, -0.05) is 0 Å². The number of halogens is 1. The molecule has 0 heterocycles. The summed E-state index contributed by atoms with van der Waals surface area (Å²) in [6.45, 7) is 5.64. The molecule has 1 aromatic carbocycles. The Hall–Kier alpha value is -0.980. The number of hydrogen-bond acceptors (Lipinski definition) is 3. The lowest BCUT2D eigenvalue weighted by Gasteiger charge is -2.26. The number of rotatable bonds is 5. The summed E-state index contributed by atoms with van der Waals surface area (Å²) in [6.07, 6.45) is 0. The van der Waals surface area contributed by atoms with Crippen molar-refractivity contribution >= 4 is 10.0 Å². The summed E-state index contributed by atoms with van der Waals surface area (Å²) < 4.78 is 39.2. The fourth-order valence-electron chi connectivity index (χ4n) is 1.81. The Morgan fingerprint density at radius 2 is 2.00 bits per heavy atom. The zero-order chi connectivity index (χ0) is 13.9. The van der Waals surface area contributed by atoms with Gasteiger partial charge < -0.3 is 5.73 Å². The molecule has 0 fully saturated rings. The van der Waals surface area contributed by atoms with Crippen molar-refractivity contribution in [2.45, 2.75) is 31.7 Å². The first-order valence-electron chi connectivity index (χ1n) is 5.78. The quantitative estimate of drug-likeness (QED) is 0.885. The van der Waals surface area contributed by atoms with Crippen molar-refractivity contribution in [1.29, 1.82) is 0 Å². The van der Waals surface area contributed by atoms with Crippen LogP contribution < -0.4 is 5.73 Å². The molecule has 2 N–H and O–H groups in total. The summed E-state index contributed by atoms with van der Waals surface area (Å²) in [6, 6.07) is 3.48. The Morgan fingerprint density at radius 1 is 1.39 bits per heavy atom. The van der Waals surface area contributed by atoms with Crippen molar-refractivity contribution in [3.63, 3.8) is 0 Å². The van der Waals surface area contributed by atoms with E-state index in [2.05, 4.69) is 0 Å². The van der Waals surface area contributed by atoms with Gasteiger partial charge in [0.2, 0.25) is 10.0 Å². The minimum absolute atomic E-state index is 0.131. The van der Waals surface area contributed by atoms with Crippen molar-refractivity contribution in [3.05, 3.63) is 29.6 Å². The molecule has 0 radical (unpaired) electrons. The molecule has 0 atom stereocenters. The average molecular weight is 274 g/mol. The summed E-state index contributed by atoms with van der Waals surface area (Å²) >= 11 is 0. The molecule has 1 aromatic rings. The van der Waals surface area contributed by atoms with E-state index >= 15 is 0 Å². The molecular weight excluding hydrogens is 255 g/mol. The molecule has 6 heteroatoms. The van der Waals surface area contributed by atoms with Crippen LogP contribution in [0, 0.1) is 12.7 Å². The van der Waals surface area contributed by atoms with E-state index in [-0.39, 0.29) is 24.0 Å². The maximum absolute atomic E-state index is 13.0. The van der Waals surface area contributed by atoms with Gasteiger partial charge >= 0.3 is 0 Å². The molecule has 102 valence electrons. The Balaban J connectivity index is 3.26. The van der Waals surface area contributed by atoms with E-state index in [0.717, 1.165) is 6.07 Å². The van der Waals surface area contributed by atoms with Gasteiger partial charge in [-0.15, -0.1) is 0 Å². The lowest BCUT2D eigenvalue weighted by Crippen LogP contribution is -2.40. The second-order valence-electron chi connectivity index (χ2n) is 4.41. The Bertz CT molecular complexity index is 515. The molecule has 4 nitrogen and oxygen atoms in total. The van der Waals surface area contributed by atoms with Gasteiger partial charge in [0.05, 0.1) is 4.90 Å². The number of benzene rings is 1. The van der Waals surface area contributed by atoms with Crippen LogP contribution in [-0.2, 0) is 10.0 Å². The molecule has 0 aromatic heterocycles. The third-order valence-corrected chi connectivity index (χ3v) is 4.88. The highest BCUT2D eigenvalue weighted by Crippen LogP contribution is 2.22. The van der Waals surface area contributed by atoms with Gasteiger partial charge in [0, 0.05) is 19.1 Å². The van der Waals surface area contributed by atoms with Crippen LogP contribution in [0.1, 0.15) is 19.4 Å². The highest BCUT2D eigenvalue weighted by Gasteiger charge is 2.27. The second-order valence-corrected chi connectivity index (χ2v) is 6.27. The molecule has 0 aliphatic heterocycles. The molecule has 0 saturated carbocycles. The van der Waals surface area contributed by atoms with Crippen molar-refractivity contribution in [2.24, 2.45) is 5.73 Å². The number of hydrogen-bond donors (Lipinski definition) is 1. The van der Waals surface area contributed by atoms with E-state index in [4.69, 9.17) is 5.73 Å². The zero-order valence-corrected chi connectivity index (χ0v) is 11.7. The van der Waals surface area contributed by atoms with Crippen LogP contribution in [-0.4, -0.2) is 31.9 Å². The first kappa shape index (κ1) is 15.1. The monoisotopic (exact) mass is 274 g/mol. The molecule has 0 saturated heterocycles. The lowest BCUT2D eigenvalue weighted by atomic mass is 10.2. The number of nitrogens with two attached hydrogens (primary N) is 1. The average Bonchev–Trinajstić information content (AvgIpc) is 2.24. The van der Waals surface area contributed by atoms with E-state index in [1.807, 2.05) is 0 Å². The highest BCUT2D eigenvalue weighted by molar-refractivity contribution is 7.89. The van der Waals surface area contributed by atoms with Gasteiger partial charge in [0.1, 0.15) is 5.82 Å². The molecule has 0 bridgehead atoms. The SMILES string of the molecule is Cc1cc(F)ccc1S(=O)(=O)N(CCN)C(C)C. The number of nitrogens with zero attached hydrogens (tertiary/aromatic N) is 1. The summed E-state index contributed by atoms with van der Waals surface area (Å²) in [4.78, 5) is 0.131. The van der Waals surface area contributed by atoms with Gasteiger partial charge in [-0.3, -0.25) is 0 Å². The Labute approximate surface area is 108 Å². The first-order valence-corrected chi connectivity index (χ1v) is 7.22. The topological polar surface area (TPSA) is 63.4 Å². The molecule has 0 aliphatic rings. The Kier molecular flexibility index (Phi) is 4.84. The largest absolute Gasteiger partial charge is 0.329 e. The molecule has 0 amide bonds. The highest BCUT2D eigenvalue weighted by atomic mass is 32.2.